The lowest BCUT2D eigenvalue weighted by atomic mass is 9.87. The third kappa shape index (κ3) is 4.74. The van der Waals surface area contributed by atoms with Gasteiger partial charge in [-0.2, -0.15) is 5.10 Å². The van der Waals surface area contributed by atoms with Crippen molar-refractivity contribution in [3.63, 3.8) is 0 Å². The van der Waals surface area contributed by atoms with E-state index < -0.39 is 11.6 Å². The van der Waals surface area contributed by atoms with Gasteiger partial charge < -0.3 is 30.4 Å². The van der Waals surface area contributed by atoms with E-state index >= 15 is 0 Å². The Bertz CT molecular complexity index is 1690. The fraction of sp³-hybridized carbons (Fsp3) is 0.345. The molecule has 7 rings (SSSR count). The van der Waals surface area contributed by atoms with Gasteiger partial charge in [-0.15, -0.1) is 0 Å². The van der Waals surface area contributed by atoms with Gasteiger partial charge in [0.15, 0.2) is 0 Å². The first-order valence-electron chi connectivity index (χ1n) is 13.9. The summed E-state index contributed by atoms with van der Waals surface area (Å²) in [6.45, 7) is 5.54. The number of aliphatic hydroxyl groups excluding tert-OH is 1. The van der Waals surface area contributed by atoms with Crippen LogP contribution >= 0.6 is 0 Å². The van der Waals surface area contributed by atoms with Crippen molar-refractivity contribution in [3.05, 3.63) is 78.4 Å². The van der Waals surface area contributed by atoms with Crippen LogP contribution in [0.4, 0.5) is 16.2 Å². The first kappa shape index (κ1) is 26.4. The maximum Gasteiger partial charge on any atom is 0.225 e. The average Bonchev–Trinajstić information content (AvgIpc) is 3.77. The minimum Gasteiger partial charge on any atom is -0.388 e. The number of H-pyrrole nitrogens is 1. The number of nitrogens with two attached hydrogens (primary N) is 1. The standard InChI is InChI=1S/C29H31FN10O2/c1-29(31,19-2-4-21(30)5-3-19)20-12-32-28(33-13-20)39-8-6-38(7-9-39)27-22-10-23(37-26(22)34-17-35-27)18-11-36-40(14-18)24-15-42-16-25(24)41/h2-5,10-14,17,24-25,41H,6-9,15-16,31H2,1H3,(H,34,35,37)/t24-,25+,29-/m0/s1. The number of ether oxygens (including phenoxy) is 1. The minimum absolute atomic E-state index is 0.190. The number of nitrogens with zero attached hydrogens (tertiary/aromatic N) is 8. The van der Waals surface area contributed by atoms with Crippen LogP contribution in [0.5, 0.6) is 0 Å². The number of aliphatic hydroxyl groups is 1. The van der Waals surface area contributed by atoms with Crippen LogP contribution in [0.2, 0.25) is 0 Å². The SMILES string of the molecule is C[C@](N)(c1ccc(F)cc1)c1cnc(N2CCN(c3ncnc4[nH]c(-c5cnn([C@H]6COC[C@H]6O)c5)cc34)CC2)nc1. The predicted molar refractivity (Wildman–Crippen MR) is 154 cm³/mol. The number of aromatic amines is 1. The van der Waals surface area contributed by atoms with Gasteiger partial charge in [-0.3, -0.25) is 4.68 Å². The molecule has 0 saturated carbocycles. The third-order valence-corrected chi connectivity index (χ3v) is 8.22. The smallest absolute Gasteiger partial charge is 0.225 e. The van der Waals surface area contributed by atoms with Crippen molar-refractivity contribution in [3.8, 4) is 11.3 Å². The number of hydrogen-bond donors (Lipinski definition) is 3. The van der Waals surface area contributed by atoms with E-state index in [0.29, 0.717) is 19.2 Å². The molecule has 216 valence electrons. The Morgan fingerprint density at radius 2 is 1.71 bits per heavy atom. The van der Waals surface area contributed by atoms with E-state index in [0.717, 1.165) is 65.4 Å². The Morgan fingerprint density at radius 3 is 2.43 bits per heavy atom. The maximum absolute atomic E-state index is 13.4. The van der Waals surface area contributed by atoms with E-state index in [1.54, 1.807) is 41.7 Å². The van der Waals surface area contributed by atoms with Gasteiger partial charge in [-0.1, -0.05) is 12.1 Å². The maximum atomic E-state index is 13.4. The summed E-state index contributed by atoms with van der Waals surface area (Å²) in [4.78, 5) is 26.1. The minimum atomic E-state index is -0.844. The molecule has 5 aromatic rings. The third-order valence-electron chi connectivity index (χ3n) is 8.22. The van der Waals surface area contributed by atoms with E-state index in [1.165, 1.54) is 12.1 Å². The summed E-state index contributed by atoms with van der Waals surface area (Å²) in [6, 6.07) is 8.04. The molecule has 0 amide bonds. The van der Waals surface area contributed by atoms with Gasteiger partial charge in [-0.05, 0) is 30.7 Å². The van der Waals surface area contributed by atoms with E-state index in [-0.39, 0.29) is 11.9 Å². The second-order valence-electron chi connectivity index (χ2n) is 11.0. The Kier molecular flexibility index (Phi) is 6.56. The monoisotopic (exact) mass is 570 g/mol. The van der Waals surface area contributed by atoms with Crippen LogP contribution in [0.3, 0.4) is 0 Å². The zero-order valence-corrected chi connectivity index (χ0v) is 23.1. The van der Waals surface area contributed by atoms with Crippen molar-refractivity contribution in [2.45, 2.75) is 24.6 Å². The molecule has 0 bridgehead atoms. The molecule has 2 fully saturated rings. The second-order valence-corrected chi connectivity index (χ2v) is 11.0. The molecule has 2 aliphatic heterocycles. The first-order valence-corrected chi connectivity index (χ1v) is 13.9. The number of benzene rings is 1. The second kappa shape index (κ2) is 10.4. The summed E-state index contributed by atoms with van der Waals surface area (Å²) in [7, 11) is 0. The van der Waals surface area contributed by atoms with Crippen LogP contribution in [-0.2, 0) is 10.3 Å². The van der Waals surface area contributed by atoms with Crippen molar-refractivity contribution in [2.75, 3.05) is 49.2 Å². The lowest BCUT2D eigenvalue weighted by Crippen LogP contribution is -2.47. The molecule has 0 unspecified atom stereocenters. The van der Waals surface area contributed by atoms with Crippen LogP contribution in [0.1, 0.15) is 24.1 Å². The lowest BCUT2D eigenvalue weighted by Gasteiger charge is -2.35. The highest BCUT2D eigenvalue weighted by atomic mass is 19.1. The summed E-state index contributed by atoms with van der Waals surface area (Å²) < 4.78 is 20.5. The summed E-state index contributed by atoms with van der Waals surface area (Å²) in [5.74, 6) is 1.20. The van der Waals surface area contributed by atoms with Crippen LogP contribution < -0.4 is 15.5 Å². The molecule has 12 nitrogen and oxygen atoms in total. The summed E-state index contributed by atoms with van der Waals surface area (Å²) in [6.07, 6.45) is 8.19. The molecule has 42 heavy (non-hydrogen) atoms. The molecule has 2 aliphatic rings. The van der Waals surface area contributed by atoms with Crippen molar-refractivity contribution in [2.24, 2.45) is 5.73 Å². The first-order chi connectivity index (χ1) is 20.4. The highest BCUT2D eigenvalue weighted by Gasteiger charge is 2.29. The summed E-state index contributed by atoms with van der Waals surface area (Å²) in [5.41, 5.74) is 9.81. The van der Waals surface area contributed by atoms with E-state index in [9.17, 15) is 9.50 Å². The Balaban J connectivity index is 1.05. The van der Waals surface area contributed by atoms with Crippen molar-refractivity contribution < 1.29 is 14.2 Å². The number of anilines is 2. The van der Waals surface area contributed by atoms with E-state index in [1.807, 2.05) is 19.2 Å². The summed E-state index contributed by atoms with van der Waals surface area (Å²) in [5, 5.41) is 15.5. The molecule has 13 heteroatoms. The molecule has 0 aliphatic carbocycles. The topological polar surface area (TPSA) is 147 Å². The zero-order valence-electron chi connectivity index (χ0n) is 23.1. The fourth-order valence-corrected chi connectivity index (χ4v) is 5.61. The van der Waals surface area contributed by atoms with Gasteiger partial charge in [0.2, 0.25) is 5.95 Å². The van der Waals surface area contributed by atoms with Gasteiger partial charge >= 0.3 is 0 Å². The molecule has 0 spiro atoms. The highest BCUT2D eigenvalue weighted by Crippen LogP contribution is 2.31. The Labute approximate surface area is 241 Å². The lowest BCUT2D eigenvalue weighted by molar-refractivity contribution is 0.118. The van der Waals surface area contributed by atoms with E-state index in [4.69, 9.17) is 10.5 Å². The van der Waals surface area contributed by atoms with E-state index in [2.05, 4.69) is 39.8 Å². The molecule has 1 aromatic carbocycles. The number of halogens is 1. The summed E-state index contributed by atoms with van der Waals surface area (Å²) >= 11 is 0. The fourth-order valence-electron chi connectivity index (χ4n) is 5.61. The molecule has 0 radical (unpaired) electrons. The molecule has 2 saturated heterocycles. The Hall–Kier alpha value is -4.46. The van der Waals surface area contributed by atoms with Crippen molar-refractivity contribution in [1.82, 2.24) is 34.7 Å². The van der Waals surface area contributed by atoms with Crippen LogP contribution in [-0.4, -0.2) is 85.3 Å². The van der Waals surface area contributed by atoms with Crippen LogP contribution in [0.15, 0.2) is 61.4 Å². The Morgan fingerprint density at radius 1 is 0.976 bits per heavy atom. The number of fused-ring (bicyclic) bond motifs is 1. The zero-order chi connectivity index (χ0) is 28.8. The van der Waals surface area contributed by atoms with Gasteiger partial charge in [0.25, 0.3) is 0 Å². The van der Waals surface area contributed by atoms with Crippen LogP contribution in [0.25, 0.3) is 22.3 Å². The number of aromatic nitrogens is 7. The van der Waals surface area contributed by atoms with Crippen LogP contribution in [0, 0.1) is 5.82 Å². The molecule has 6 heterocycles. The number of hydrogen-bond acceptors (Lipinski definition) is 10. The van der Waals surface area contributed by atoms with Gasteiger partial charge in [0, 0.05) is 55.9 Å². The van der Waals surface area contributed by atoms with Gasteiger partial charge in [0.05, 0.1) is 36.0 Å². The number of rotatable bonds is 6. The molecular formula is C29H31FN10O2. The predicted octanol–water partition coefficient (Wildman–Crippen LogP) is 2.23. The average molecular weight is 571 g/mol. The molecular weight excluding hydrogens is 539 g/mol. The van der Waals surface area contributed by atoms with Gasteiger partial charge in [-0.25, -0.2) is 24.3 Å². The van der Waals surface area contributed by atoms with Gasteiger partial charge in [0.1, 0.15) is 35.8 Å². The normalized spacial score (nSPS) is 20.8. The van der Waals surface area contributed by atoms with Crippen molar-refractivity contribution in [1.29, 1.82) is 0 Å². The molecule has 4 aromatic heterocycles. The number of piperazine rings is 1. The molecule has 4 N–H and O–H groups in total. The number of nitrogens with one attached hydrogen (secondary N) is 1. The van der Waals surface area contributed by atoms with Crippen molar-refractivity contribution >= 4 is 22.8 Å². The quantitative estimate of drug-likeness (QED) is 0.278. The highest BCUT2D eigenvalue weighted by molar-refractivity contribution is 5.91. The molecule has 3 atom stereocenters. The largest absolute Gasteiger partial charge is 0.388 e.